The Labute approximate surface area is 137 Å². The van der Waals surface area contributed by atoms with Gasteiger partial charge in [0.1, 0.15) is 11.3 Å². The number of hydrogen-bond donors (Lipinski definition) is 2. The van der Waals surface area contributed by atoms with Crippen molar-refractivity contribution in [2.45, 2.75) is 0 Å². The number of hydrogen-bond acceptors (Lipinski definition) is 4. The van der Waals surface area contributed by atoms with E-state index in [2.05, 4.69) is 48.2 Å². The van der Waals surface area contributed by atoms with Gasteiger partial charge in [0.15, 0.2) is 5.65 Å². The van der Waals surface area contributed by atoms with Gasteiger partial charge in [-0.25, -0.2) is 9.97 Å². The van der Waals surface area contributed by atoms with E-state index in [1.807, 2.05) is 32.4 Å². The fourth-order valence-corrected chi connectivity index (χ4v) is 2.66. The molecule has 0 amide bonds. The second-order valence-corrected chi connectivity index (χ2v) is 6.31. The van der Waals surface area contributed by atoms with Crippen LogP contribution >= 0.6 is 15.9 Å². The monoisotopic (exact) mass is 359 g/mol. The SMILES string of the molecule is CN(C)CCNc1cnc2[nH]cc(-c3cccc(Br)c3)c2n1. The molecular weight excluding hydrogens is 342 g/mol. The summed E-state index contributed by atoms with van der Waals surface area (Å²) in [4.78, 5) is 14.5. The van der Waals surface area contributed by atoms with Gasteiger partial charge in [-0.15, -0.1) is 0 Å². The van der Waals surface area contributed by atoms with E-state index in [-0.39, 0.29) is 0 Å². The van der Waals surface area contributed by atoms with Gasteiger partial charge in [0.25, 0.3) is 0 Å². The Kier molecular flexibility index (Phi) is 4.40. The van der Waals surface area contributed by atoms with E-state index in [0.717, 1.165) is 45.7 Å². The predicted molar refractivity (Wildman–Crippen MR) is 94.1 cm³/mol. The highest BCUT2D eigenvalue weighted by atomic mass is 79.9. The lowest BCUT2D eigenvalue weighted by Gasteiger charge is -2.10. The Balaban J connectivity index is 1.92. The minimum atomic E-state index is 0.796. The van der Waals surface area contributed by atoms with Crippen LogP contribution in [0.1, 0.15) is 0 Å². The van der Waals surface area contributed by atoms with Crippen LogP contribution < -0.4 is 5.32 Å². The summed E-state index contributed by atoms with van der Waals surface area (Å²) in [5.74, 6) is 0.796. The average molecular weight is 360 g/mol. The summed E-state index contributed by atoms with van der Waals surface area (Å²) in [7, 11) is 4.10. The number of H-pyrrole nitrogens is 1. The zero-order chi connectivity index (χ0) is 15.5. The van der Waals surface area contributed by atoms with Crippen LogP contribution in [0, 0.1) is 0 Å². The Hall–Kier alpha value is -1.92. The molecule has 0 radical (unpaired) electrons. The first-order valence-corrected chi connectivity index (χ1v) is 7.91. The highest BCUT2D eigenvalue weighted by Crippen LogP contribution is 2.28. The lowest BCUT2D eigenvalue weighted by molar-refractivity contribution is 0.425. The molecular formula is C16H18BrN5. The first-order chi connectivity index (χ1) is 10.6. The number of halogens is 1. The number of nitrogens with one attached hydrogen (secondary N) is 2. The molecule has 5 nitrogen and oxygen atoms in total. The van der Waals surface area contributed by atoms with Crippen molar-refractivity contribution >= 4 is 32.9 Å². The molecule has 0 atom stereocenters. The Morgan fingerprint density at radius 1 is 1.32 bits per heavy atom. The number of aromatic nitrogens is 3. The van der Waals surface area contributed by atoms with Crippen LogP contribution in [0.5, 0.6) is 0 Å². The minimum absolute atomic E-state index is 0.796. The minimum Gasteiger partial charge on any atom is -0.367 e. The molecule has 6 heteroatoms. The smallest absolute Gasteiger partial charge is 0.156 e. The highest BCUT2D eigenvalue weighted by Gasteiger charge is 2.10. The van der Waals surface area contributed by atoms with Crippen molar-refractivity contribution in [3.05, 3.63) is 41.1 Å². The molecule has 3 rings (SSSR count). The van der Waals surface area contributed by atoms with E-state index in [0.29, 0.717) is 0 Å². The third kappa shape index (κ3) is 3.28. The van der Waals surface area contributed by atoms with Crippen molar-refractivity contribution in [3.63, 3.8) is 0 Å². The van der Waals surface area contributed by atoms with Crippen LogP contribution in [-0.2, 0) is 0 Å². The zero-order valence-electron chi connectivity index (χ0n) is 12.6. The van der Waals surface area contributed by atoms with E-state index in [1.54, 1.807) is 6.20 Å². The lowest BCUT2D eigenvalue weighted by atomic mass is 10.1. The predicted octanol–water partition coefficient (Wildman–Crippen LogP) is 3.36. The van der Waals surface area contributed by atoms with Gasteiger partial charge < -0.3 is 15.2 Å². The van der Waals surface area contributed by atoms with Crippen molar-refractivity contribution in [1.82, 2.24) is 19.9 Å². The largest absolute Gasteiger partial charge is 0.367 e. The molecule has 2 heterocycles. The van der Waals surface area contributed by atoms with E-state index >= 15 is 0 Å². The molecule has 0 saturated heterocycles. The van der Waals surface area contributed by atoms with Crippen molar-refractivity contribution in [2.24, 2.45) is 0 Å². The summed E-state index contributed by atoms with van der Waals surface area (Å²) in [6.07, 6.45) is 3.72. The van der Waals surface area contributed by atoms with Gasteiger partial charge in [0.05, 0.1) is 6.20 Å². The normalized spacial score (nSPS) is 11.3. The molecule has 0 fully saturated rings. The number of aromatic amines is 1. The number of rotatable bonds is 5. The van der Waals surface area contributed by atoms with Gasteiger partial charge in [-0.2, -0.15) is 0 Å². The molecule has 0 spiro atoms. The summed E-state index contributed by atoms with van der Waals surface area (Å²) < 4.78 is 1.05. The lowest BCUT2D eigenvalue weighted by Crippen LogP contribution is -2.21. The molecule has 22 heavy (non-hydrogen) atoms. The Bertz CT molecular complexity index is 781. The third-order valence-electron chi connectivity index (χ3n) is 3.38. The van der Waals surface area contributed by atoms with E-state index in [1.165, 1.54) is 0 Å². The van der Waals surface area contributed by atoms with Gasteiger partial charge in [0.2, 0.25) is 0 Å². The Morgan fingerprint density at radius 3 is 2.95 bits per heavy atom. The van der Waals surface area contributed by atoms with E-state index < -0.39 is 0 Å². The topological polar surface area (TPSA) is 56.8 Å². The number of fused-ring (bicyclic) bond motifs is 1. The number of anilines is 1. The van der Waals surface area contributed by atoms with Crippen molar-refractivity contribution in [3.8, 4) is 11.1 Å². The summed E-state index contributed by atoms with van der Waals surface area (Å²) in [6.45, 7) is 1.79. The molecule has 0 unspecified atom stereocenters. The van der Waals surface area contributed by atoms with Crippen LogP contribution in [0.2, 0.25) is 0 Å². The summed E-state index contributed by atoms with van der Waals surface area (Å²) >= 11 is 3.51. The molecule has 1 aromatic carbocycles. The van der Waals surface area contributed by atoms with E-state index in [4.69, 9.17) is 4.98 Å². The van der Waals surface area contributed by atoms with Gasteiger partial charge in [-0.05, 0) is 31.8 Å². The summed E-state index contributed by atoms with van der Waals surface area (Å²) in [5.41, 5.74) is 3.85. The summed E-state index contributed by atoms with van der Waals surface area (Å²) in [5, 5.41) is 3.31. The quantitative estimate of drug-likeness (QED) is 0.733. The molecule has 0 aliphatic heterocycles. The average Bonchev–Trinajstić information content (AvgIpc) is 2.90. The highest BCUT2D eigenvalue weighted by molar-refractivity contribution is 9.10. The number of nitrogens with zero attached hydrogens (tertiary/aromatic N) is 3. The van der Waals surface area contributed by atoms with Crippen LogP contribution in [0.15, 0.2) is 41.1 Å². The second kappa shape index (κ2) is 6.46. The van der Waals surface area contributed by atoms with Crippen molar-refractivity contribution in [1.29, 1.82) is 0 Å². The summed E-state index contributed by atoms with van der Waals surface area (Å²) in [6, 6.07) is 8.18. The first-order valence-electron chi connectivity index (χ1n) is 7.12. The van der Waals surface area contributed by atoms with E-state index in [9.17, 15) is 0 Å². The molecule has 114 valence electrons. The van der Waals surface area contributed by atoms with Gasteiger partial charge in [0, 0.05) is 29.3 Å². The van der Waals surface area contributed by atoms with Crippen LogP contribution in [0.25, 0.3) is 22.3 Å². The Morgan fingerprint density at radius 2 is 2.18 bits per heavy atom. The van der Waals surface area contributed by atoms with Crippen LogP contribution in [-0.4, -0.2) is 47.0 Å². The maximum atomic E-state index is 4.70. The molecule has 2 aromatic heterocycles. The third-order valence-corrected chi connectivity index (χ3v) is 3.87. The second-order valence-electron chi connectivity index (χ2n) is 5.40. The zero-order valence-corrected chi connectivity index (χ0v) is 14.2. The number of likely N-dealkylation sites (N-methyl/N-ethyl adjacent to an activating group) is 1. The molecule has 0 bridgehead atoms. The molecule has 3 aromatic rings. The molecule has 0 aliphatic rings. The fraction of sp³-hybridized carbons (Fsp3) is 0.250. The molecule has 0 saturated carbocycles. The van der Waals surface area contributed by atoms with Crippen LogP contribution in [0.3, 0.4) is 0 Å². The number of benzene rings is 1. The van der Waals surface area contributed by atoms with Gasteiger partial charge in [-0.3, -0.25) is 0 Å². The standard InChI is InChI=1S/C16H18BrN5/c1-22(2)7-6-18-14-10-20-16-15(21-14)13(9-19-16)11-4-3-5-12(17)8-11/h3-5,8-10H,6-7H2,1-2H3,(H,18,21)(H,19,20). The van der Waals surface area contributed by atoms with Gasteiger partial charge >= 0.3 is 0 Å². The fourth-order valence-electron chi connectivity index (χ4n) is 2.26. The maximum Gasteiger partial charge on any atom is 0.156 e. The maximum absolute atomic E-state index is 4.70. The first kappa shape index (κ1) is 15.0. The molecule has 2 N–H and O–H groups in total. The van der Waals surface area contributed by atoms with Gasteiger partial charge in [-0.1, -0.05) is 28.1 Å². The van der Waals surface area contributed by atoms with Crippen molar-refractivity contribution in [2.75, 3.05) is 32.5 Å². The van der Waals surface area contributed by atoms with Crippen molar-refractivity contribution < 1.29 is 0 Å². The van der Waals surface area contributed by atoms with Crippen LogP contribution in [0.4, 0.5) is 5.82 Å². The molecule has 0 aliphatic carbocycles.